The normalized spacial score (nSPS) is 15.9. The van der Waals surface area contributed by atoms with Gasteiger partial charge in [0.1, 0.15) is 10.7 Å². The molecule has 0 aliphatic carbocycles. The van der Waals surface area contributed by atoms with Crippen LogP contribution in [0.25, 0.3) is 0 Å². The lowest BCUT2D eigenvalue weighted by Gasteiger charge is -2.17. The minimum absolute atomic E-state index is 0.00519. The topological polar surface area (TPSA) is 83.5 Å². The molecular weight excluding hydrogens is 403 g/mol. The van der Waals surface area contributed by atoms with E-state index in [2.05, 4.69) is 4.72 Å². The zero-order valence-corrected chi connectivity index (χ0v) is 15.9. The number of nitrogens with zero attached hydrogens (tertiary/aromatic N) is 1. The number of sulfonamides is 2. The van der Waals surface area contributed by atoms with Crippen molar-refractivity contribution >= 4 is 37.3 Å². The van der Waals surface area contributed by atoms with Gasteiger partial charge in [0.2, 0.25) is 10.0 Å². The molecule has 1 heterocycles. The standard InChI is InChI=1S/C16H16ClFN2O4S2/c17-15-7-6-13(11-16(15)26(23,24)20-8-1-2-9-20)19-25(21,22)14-5-3-4-12(18)10-14/h3-7,10-11,19H,1-2,8-9H2. The molecule has 1 N–H and O–H groups in total. The van der Waals surface area contributed by atoms with E-state index in [1.165, 1.54) is 34.6 Å². The maximum atomic E-state index is 13.3. The molecular formula is C16H16ClFN2O4S2. The molecule has 1 fully saturated rings. The first-order valence-electron chi connectivity index (χ1n) is 7.78. The third kappa shape index (κ3) is 3.85. The smallest absolute Gasteiger partial charge is 0.261 e. The maximum absolute atomic E-state index is 13.3. The van der Waals surface area contributed by atoms with E-state index in [-0.39, 0.29) is 20.5 Å². The third-order valence-corrected chi connectivity index (χ3v) is 7.73. The summed E-state index contributed by atoms with van der Waals surface area (Å²) >= 11 is 6.04. The van der Waals surface area contributed by atoms with E-state index in [4.69, 9.17) is 11.6 Å². The van der Waals surface area contributed by atoms with Crippen LogP contribution in [0.15, 0.2) is 52.3 Å². The van der Waals surface area contributed by atoms with Gasteiger partial charge in [-0.25, -0.2) is 21.2 Å². The lowest BCUT2D eigenvalue weighted by molar-refractivity contribution is 0.477. The molecule has 0 saturated carbocycles. The number of benzene rings is 2. The summed E-state index contributed by atoms with van der Waals surface area (Å²) in [5, 5.41) is 0.00519. The average molecular weight is 419 g/mol. The van der Waals surface area contributed by atoms with Crippen LogP contribution in [-0.2, 0) is 20.0 Å². The number of hydrogen-bond donors (Lipinski definition) is 1. The van der Waals surface area contributed by atoms with Gasteiger partial charge in [0.05, 0.1) is 15.6 Å². The molecule has 2 aromatic carbocycles. The van der Waals surface area contributed by atoms with Crippen LogP contribution >= 0.6 is 11.6 Å². The fourth-order valence-electron chi connectivity index (χ4n) is 2.68. The summed E-state index contributed by atoms with van der Waals surface area (Å²) in [7, 11) is -7.88. The third-order valence-electron chi connectivity index (χ3n) is 3.97. The molecule has 0 atom stereocenters. The maximum Gasteiger partial charge on any atom is 0.261 e. The van der Waals surface area contributed by atoms with Gasteiger partial charge < -0.3 is 0 Å². The highest BCUT2D eigenvalue weighted by Gasteiger charge is 2.29. The molecule has 0 bridgehead atoms. The first-order chi connectivity index (χ1) is 12.2. The van der Waals surface area contributed by atoms with Crippen LogP contribution in [0.5, 0.6) is 0 Å². The zero-order chi connectivity index (χ0) is 18.9. The minimum atomic E-state index is -4.07. The van der Waals surface area contributed by atoms with Crippen LogP contribution in [0, 0.1) is 5.82 Å². The second kappa shape index (κ2) is 7.15. The van der Waals surface area contributed by atoms with E-state index in [9.17, 15) is 21.2 Å². The van der Waals surface area contributed by atoms with Gasteiger partial charge >= 0.3 is 0 Å². The Morgan fingerprint density at radius 2 is 1.69 bits per heavy atom. The summed E-state index contributed by atoms with van der Waals surface area (Å²) in [6.45, 7) is 0.801. The van der Waals surface area contributed by atoms with Crippen molar-refractivity contribution in [2.24, 2.45) is 0 Å². The number of halogens is 2. The van der Waals surface area contributed by atoms with Gasteiger partial charge in [-0.2, -0.15) is 4.31 Å². The van der Waals surface area contributed by atoms with E-state index >= 15 is 0 Å². The van der Waals surface area contributed by atoms with E-state index < -0.39 is 25.9 Å². The summed E-state index contributed by atoms with van der Waals surface area (Å²) in [6, 6.07) is 8.35. The van der Waals surface area contributed by atoms with E-state index in [1.54, 1.807) is 0 Å². The highest BCUT2D eigenvalue weighted by atomic mass is 35.5. The zero-order valence-electron chi connectivity index (χ0n) is 13.5. The van der Waals surface area contributed by atoms with Crippen LogP contribution in [-0.4, -0.2) is 34.2 Å². The molecule has 1 aliphatic heterocycles. The Hall–Kier alpha value is -1.68. The first-order valence-corrected chi connectivity index (χ1v) is 11.1. The molecule has 26 heavy (non-hydrogen) atoms. The predicted molar refractivity (Wildman–Crippen MR) is 96.7 cm³/mol. The summed E-state index contributed by atoms with van der Waals surface area (Å²) in [5.41, 5.74) is 0.0245. The molecule has 10 heteroatoms. The minimum Gasteiger partial charge on any atom is -0.280 e. The van der Waals surface area contributed by atoms with Crippen LogP contribution in [0.3, 0.4) is 0 Å². The SMILES string of the molecule is O=S(=O)(Nc1ccc(Cl)c(S(=O)(=O)N2CCCC2)c1)c1cccc(F)c1. The van der Waals surface area contributed by atoms with Gasteiger partial charge in [0.25, 0.3) is 10.0 Å². The summed E-state index contributed by atoms with van der Waals surface area (Å²) in [5.74, 6) is -0.693. The highest BCUT2D eigenvalue weighted by molar-refractivity contribution is 7.92. The molecule has 1 aliphatic rings. The van der Waals surface area contributed by atoms with Crippen molar-refractivity contribution in [2.45, 2.75) is 22.6 Å². The molecule has 3 rings (SSSR count). The van der Waals surface area contributed by atoms with E-state index in [1.807, 2.05) is 0 Å². The molecule has 6 nitrogen and oxygen atoms in total. The van der Waals surface area contributed by atoms with Crippen molar-refractivity contribution in [2.75, 3.05) is 17.8 Å². The lowest BCUT2D eigenvalue weighted by Crippen LogP contribution is -2.28. The van der Waals surface area contributed by atoms with Gasteiger partial charge in [-0.15, -0.1) is 0 Å². The number of nitrogens with one attached hydrogen (secondary N) is 1. The number of hydrogen-bond acceptors (Lipinski definition) is 4. The van der Waals surface area contributed by atoms with Gasteiger partial charge in [0, 0.05) is 13.1 Å². The Morgan fingerprint density at radius 3 is 2.35 bits per heavy atom. The first kappa shape index (κ1) is 19.1. The van der Waals surface area contributed by atoms with E-state index in [0.717, 1.165) is 25.0 Å². The summed E-state index contributed by atoms with van der Waals surface area (Å²) < 4.78 is 67.0. The fraction of sp³-hybridized carbons (Fsp3) is 0.250. The largest absolute Gasteiger partial charge is 0.280 e. The van der Waals surface area contributed by atoms with Crippen LogP contribution in [0.4, 0.5) is 10.1 Å². The number of rotatable bonds is 5. The lowest BCUT2D eigenvalue weighted by atomic mass is 10.3. The van der Waals surface area contributed by atoms with Gasteiger partial charge in [-0.05, 0) is 49.2 Å². The molecule has 0 aromatic heterocycles. The number of anilines is 1. The summed E-state index contributed by atoms with van der Waals surface area (Å²) in [6.07, 6.45) is 1.53. The monoisotopic (exact) mass is 418 g/mol. The summed E-state index contributed by atoms with van der Waals surface area (Å²) in [4.78, 5) is -0.433. The van der Waals surface area contributed by atoms with Gasteiger partial charge in [-0.1, -0.05) is 17.7 Å². The Labute approximate surface area is 156 Å². The fourth-order valence-corrected chi connectivity index (χ4v) is 5.78. The van der Waals surface area contributed by atoms with Crippen molar-refractivity contribution in [3.63, 3.8) is 0 Å². The Balaban J connectivity index is 1.95. The average Bonchev–Trinajstić information content (AvgIpc) is 3.12. The molecule has 0 radical (unpaired) electrons. The Kier molecular flexibility index (Phi) is 5.25. The van der Waals surface area contributed by atoms with E-state index in [0.29, 0.717) is 13.1 Å². The van der Waals surface area contributed by atoms with Crippen molar-refractivity contribution in [3.8, 4) is 0 Å². The van der Waals surface area contributed by atoms with Crippen molar-refractivity contribution in [1.82, 2.24) is 4.31 Å². The van der Waals surface area contributed by atoms with Gasteiger partial charge in [-0.3, -0.25) is 4.72 Å². The van der Waals surface area contributed by atoms with Crippen LogP contribution in [0.1, 0.15) is 12.8 Å². The molecule has 0 unspecified atom stereocenters. The molecule has 0 spiro atoms. The van der Waals surface area contributed by atoms with Crippen LogP contribution in [0.2, 0.25) is 5.02 Å². The molecule has 0 amide bonds. The molecule has 2 aromatic rings. The van der Waals surface area contributed by atoms with Gasteiger partial charge in [0.15, 0.2) is 0 Å². The van der Waals surface area contributed by atoms with Crippen molar-refractivity contribution < 1.29 is 21.2 Å². The molecule has 1 saturated heterocycles. The Bertz CT molecular complexity index is 1040. The van der Waals surface area contributed by atoms with Crippen molar-refractivity contribution in [1.29, 1.82) is 0 Å². The molecule has 140 valence electrons. The highest BCUT2D eigenvalue weighted by Crippen LogP contribution is 2.30. The predicted octanol–water partition coefficient (Wildman–Crippen LogP) is 3.06. The van der Waals surface area contributed by atoms with Crippen molar-refractivity contribution in [3.05, 3.63) is 53.3 Å². The Morgan fingerprint density at radius 1 is 1.00 bits per heavy atom. The second-order valence-corrected chi connectivity index (χ2v) is 9.82. The second-order valence-electron chi connectivity index (χ2n) is 5.82. The quantitative estimate of drug-likeness (QED) is 0.808. The van der Waals surface area contributed by atoms with Crippen LogP contribution < -0.4 is 4.72 Å².